The lowest BCUT2D eigenvalue weighted by atomic mass is 10.2. The first-order chi connectivity index (χ1) is 7.06. The van der Waals surface area contributed by atoms with Gasteiger partial charge in [0.15, 0.2) is 6.10 Å². The van der Waals surface area contributed by atoms with E-state index in [1.165, 1.54) is 0 Å². The molecule has 1 rings (SSSR count). The molecule has 0 aromatic rings. The Labute approximate surface area is 90.3 Å². The quantitative estimate of drug-likeness (QED) is 0.628. The summed E-state index contributed by atoms with van der Waals surface area (Å²) in [7, 11) is 0. The van der Waals surface area contributed by atoms with E-state index in [0.29, 0.717) is 19.1 Å². The number of hydrogen-bond donors (Lipinski definition) is 2. The molecule has 5 heteroatoms. The average molecular weight is 216 g/mol. The summed E-state index contributed by atoms with van der Waals surface area (Å²) in [6.07, 6.45) is -1.25. The molecule has 0 aromatic carbocycles. The van der Waals surface area contributed by atoms with Crippen molar-refractivity contribution in [2.24, 2.45) is 0 Å². The highest BCUT2D eigenvalue weighted by atomic mass is 16.3. The van der Waals surface area contributed by atoms with Crippen LogP contribution in [0.15, 0.2) is 0 Å². The van der Waals surface area contributed by atoms with Gasteiger partial charge >= 0.3 is 0 Å². The molecule has 15 heavy (non-hydrogen) atoms. The van der Waals surface area contributed by atoms with Crippen molar-refractivity contribution in [1.82, 2.24) is 9.80 Å². The predicted octanol–water partition coefficient (Wildman–Crippen LogP) is -1.11. The van der Waals surface area contributed by atoms with Gasteiger partial charge in [-0.15, -0.1) is 0 Å². The Balaban J connectivity index is 2.40. The zero-order chi connectivity index (χ0) is 11.4. The maximum atomic E-state index is 11.5. The highest BCUT2D eigenvalue weighted by Gasteiger charge is 2.26. The van der Waals surface area contributed by atoms with E-state index in [4.69, 9.17) is 5.11 Å². The predicted molar refractivity (Wildman–Crippen MR) is 56.4 cm³/mol. The largest absolute Gasteiger partial charge is 0.393 e. The van der Waals surface area contributed by atoms with Crippen molar-refractivity contribution in [3.8, 4) is 0 Å². The van der Waals surface area contributed by atoms with Crippen molar-refractivity contribution in [1.29, 1.82) is 0 Å². The van der Waals surface area contributed by atoms with Gasteiger partial charge in [-0.1, -0.05) is 0 Å². The van der Waals surface area contributed by atoms with E-state index >= 15 is 0 Å². The normalized spacial score (nSPS) is 20.7. The minimum Gasteiger partial charge on any atom is -0.393 e. The first-order valence-corrected chi connectivity index (χ1v) is 5.38. The van der Waals surface area contributed by atoms with E-state index < -0.39 is 12.7 Å². The summed E-state index contributed by atoms with van der Waals surface area (Å²) < 4.78 is 0. The van der Waals surface area contributed by atoms with Crippen LogP contribution in [0.3, 0.4) is 0 Å². The molecule has 1 saturated heterocycles. The summed E-state index contributed by atoms with van der Waals surface area (Å²) in [5, 5.41) is 17.9. The van der Waals surface area contributed by atoms with Gasteiger partial charge in [-0.25, -0.2) is 0 Å². The van der Waals surface area contributed by atoms with Gasteiger partial charge < -0.3 is 15.1 Å². The van der Waals surface area contributed by atoms with Crippen LogP contribution >= 0.6 is 0 Å². The Hall–Kier alpha value is -0.650. The van der Waals surface area contributed by atoms with Gasteiger partial charge in [0.05, 0.1) is 6.61 Å². The molecule has 0 aromatic heterocycles. The summed E-state index contributed by atoms with van der Waals surface area (Å²) in [6, 6.07) is 0.491. The van der Waals surface area contributed by atoms with Crippen LogP contribution in [0.2, 0.25) is 0 Å². The van der Waals surface area contributed by atoms with E-state index in [-0.39, 0.29) is 5.91 Å². The SMILES string of the molecule is CC(C)N1CCN(C(=O)C(O)CO)CC1. The third kappa shape index (κ3) is 3.15. The number of carbonyl (C=O) groups excluding carboxylic acids is 1. The topological polar surface area (TPSA) is 64.0 Å². The number of aliphatic hydroxyl groups excluding tert-OH is 2. The maximum absolute atomic E-state index is 11.5. The van der Waals surface area contributed by atoms with Crippen LogP contribution in [-0.2, 0) is 4.79 Å². The summed E-state index contributed by atoms with van der Waals surface area (Å²) in [6.45, 7) is 6.69. The number of carbonyl (C=O) groups is 1. The van der Waals surface area contributed by atoms with Crippen molar-refractivity contribution in [2.45, 2.75) is 26.0 Å². The summed E-state index contributed by atoms with van der Waals surface area (Å²) in [5.41, 5.74) is 0. The lowest BCUT2D eigenvalue weighted by molar-refractivity contribution is -0.144. The number of hydrogen-bond acceptors (Lipinski definition) is 4. The van der Waals surface area contributed by atoms with Crippen LogP contribution in [0.4, 0.5) is 0 Å². The third-order valence-electron chi connectivity index (χ3n) is 2.81. The Morgan fingerprint density at radius 1 is 1.27 bits per heavy atom. The van der Waals surface area contributed by atoms with E-state index in [1.807, 2.05) is 0 Å². The standard InChI is InChI=1S/C10H20N2O3/c1-8(2)11-3-5-12(6-4-11)10(15)9(14)7-13/h8-9,13-14H,3-7H2,1-2H3. The molecule has 1 aliphatic heterocycles. The van der Waals surface area contributed by atoms with Gasteiger partial charge in [0.2, 0.25) is 0 Å². The highest BCUT2D eigenvalue weighted by Crippen LogP contribution is 2.07. The smallest absolute Gasteiger partial charge is 0.253 e. The van der Waals surface area contributed by atoms with Gasteiger partial charge in [0, 0.05) is 32.2 Å². The summed E-state index contributed by atoms with van der Waals surface area (Å²) >= 11 is 0. The van der Waals surface area contributed by atoms with Crippen molar-refractivity contribution in [3.05, 3.63) is 0 Å². The van der Waals surface area contributed by atoms with Gasteiger partial charge in [0.1, 0.15) is 0 Å². The molecule has 5 nitrogen and oxygen atoms in total. The highest BCUT2D eigenvalue weighted by molar-refractivity contribution is 5.80. The number of rotatable bonds is 3. The fourth-order valence-electron chi connectivity index (χ4n) is 1.75. The van der Waals surface area contributed by atoms with Crippen molar-refractivity contribution in [2.75, 3.05) is 32.8 Å². The van der Waals surface area contributed by atoms with Crippen LogP contribution in [0.1, 0.15) is 13.8 Å². The molecule has 0 bridgehead atoms. The fourth-order valence-corrected chi connectivity index (χ4v) is 1.75. The number of nitrogens with zero attached hydrogens (tertiary/aromatic N) is 2. The fraction of sp³-hybridized carbons (Fsp3) is 0.900. The molecular weight excluding hydrogens is 196 g/mol. The second-order valence-corrected chi connectivity index (χ2v) is 4.15. The van der Waals surface area contributed by atoms with Gasteiger partial charge in [-0.05, 0) is 13.8 Å². The van der Waals surface area contributed by atoms with E-state index in [0.717, 1.165) is 13.1 Å². The molecular formula is C10H20N2O3. The van der Waals surface area contributed by atoms with E-state index in [9.17, 15) is 9.90 Å². The molecule has 2 N–H and O–H groups in total. The maximum Gasteiger partial charge on any atom is 0.253 e. The average Bonchev–Trinajstić information content (AvgIpc) is 2.27. The van der Waals surface area contributed by atoms with Gasteiger partial charge in [-0.2, -0.15) is 0 Å². The molecule has 0 spiro atoms. The molecule has 1 heterocycles. The molecule has 1 fully saturated rings. The van der Waals surface area contributed by atoms with Gasteiger partial charge in [-0.3, -0.25) is 9.69 Å². The first kappa shape index (κ1) is 12.4. The van der Waals surface area contributed by atoms with Crippen molar-refractivity contribution >= 4 is 5.91 Å². The molecule has 88 valence electrons. The van der Waals surface area contributed by atoms with Crippen LogP contribution in [0.5, 0.6) is 0 Å². The Morgan fingerprint density at radius 2 is 1.80 bits per heavy atom. The zero-order valence-electron chi connectivity index (χ0n) is 9.39. The molecule has 1 unspecified atom stereocenters. The van der Waals surface area contributed by atoms with Crippen LogP contribution in [-0.4, -0.2) is 70.9 Å². The third-order valence-corrected chi connectivity index (χ3v) is 2.81. The number of piperazine rings is 1. The van der Waals surface area contributed by atoms with E-state index in [2.05, 4.69) is 18.7 Å². The lowest BCUT2D eigenvalue weighted by Crippen LogP contribution is -2.53. The van der Waals surface area contributed by atoms with Crippen LogP contribution in [0.25, 0.3) is 0 Å². The molecule has 1 atom stereocenters. The second kappa shape index (κ2) is 5.44. The number of amides is 1. The lowest BCUT2D eigenvalue weighted by Gasteiger charge is -2.37. The second-order valence-electron chi connectivity index (χ2n) is 4.15. The van der Waals surface area contributed by atoms with Gasteiger partial charge in [0.25, 0.3) is 5.91 Å². The molecule has 0 radical (unpaired) electrons. The molecule has 1 amide bonds. The summed E-state index contributed by atoms with van der Waals surface area (Å²) in [5.74, 6) is -0.360. The molecule has 1 aliphatic rings. The number of aliphatic hydroxyl groups is 2. The molecule has 0 saturated carbocycles. The van der Waals surface area contributed by atoms with Crippen LogP contribution in [0, 0.1) is 0 Å². The van der Waals surface area contributed by atoms with Crippen molar-refractivity contribution in [3.63, 3.8) is 0 Å². The Kier molecular flexibility index (Phi) is 4.50. The Morgan fingerprint density at radius 3 is 2.20 bits per heavy atom. The Bertz CT molecular complexity index is 213. The summed E-state index contributed by atoms with van der Waals surface area (Å²) in [4.78, 5) is 15.4. The first-order valence-electron chi connectivity index (χ1n) is 5.38. The minimum atomic E-state index is -1.25. The van der Waals surface area contributed by atoms with Crippen LogP contribution < -0.4 is 0 Å². The zero-order valence-corrected chi connectivity index (χ0v) is 9.39. The molecule has 0 aliphatic carbocycles. The minimum absolute atomic E-state index is 0.360. The van der Waals surface area contributed by atoms with Crippen molar-refractivity contribution < 1.29 is 15.0 Å². The van der Waals surface area contributed by atoms with E-state index in [1.54, 1.807) is 4.90 Å². The monoisotopic (exact) mass is 216 g/mol.